The molecule has 90 valence electrons. The van der Waals surface area contributed by atoms with E-state index in [-0.39, 0.29) is 6.04 Å². The van der Waals surface area contributed by atoms with Crippen LogP contribution in [0.25, 0.3) is 0 Å². The molecular weight excluding hydrogens is 218 g/mol. The third-order valence-corrected chi connectivity index (χ3v) is 3.11. The van der Waals surface area contributed by atoms with Gasteiger partial charge in [-0.05, 0) is 43.9 Å². The van der Waals surface area contributed by atoms with Crippen molar-refractivity contribution >= 4 is 11.8 Å². The summed E-state index contributed by atoms with van der Waals surface area (Å²) in [6.45, 7) is 4.82. The number of benzene rings is 1. The Hall–Kier alpha value is -0.670. The van der Waals surface area contributed by atoms with Crippen LogP contribution in [0.3, 0.4) is 0 Å². The molecule has 0 aromatic heterocycles. The first-order valence-corrected chi connectivity index (χ1v) is 7.02. The molecule has 0 bridgehead atoms. The van der Waals surface area contributed by atoms with Gasteiger partial charge in [0.25, 0.3) is 0 Å². The van der Waals surface area contributed by atoms with Gasteiger partial charge in [0.2, 0.25) is 0 Å². The lowest BCUT2D eigenvalue weighted by Crippen LogP contribution is -2.09. The van der Waals surface area contributed by atoms with Gasteiger partial charge in [0.05, 0.1) is 6.61 Å². The highest BCUT2D eigenvalue weighted by molar-refractivity contribution is 7.98. The van der Waals surface area contributed by atoms with Gasteiger partial charge in [0.1, 0.15) is 5.75 Å². The fourth-order valence-corrected chi connectivity index (χ4v) is 1.93. The van der Waals surface area contributed by atoms with E-state index in [0.29, 0.717) is 0 Å². The van der Waals surface area contributed by atoms with E-state index in [1.807, 2.05) is 18.7 Å². The smallest absolute Gasteiger partial charge is 0.124 e. The Morgan fingerprint density at radius 3 is 2.81 bits per heavy atom. The predicted molar refractivity (Wildman–Crippen MR) is 72.3 cm³/mol. The predicted octanol–water partition coefficient (Wildman–Crippen LogP) is 3.15. The van der Waals surface area contributed by atoms with Gasteiger partial charge in [-0.3, -0.25) is 0 Å². The van der Waals surface area contributed by atoms with Gasteiger partial charge in [0, 0.05) is 11.6 Å². The second-order valence-electron chi connectivity index (χ2n) is 4.02. The Morgan fingerprint density at radius 1 is 1.44 bits per heavy atom. The van der Waals surface area contributed by atoms with Crippen LogP contribution in [0.2, 0.25) is 0 Å². The summed E-state index contributed by atoms with van der Waals surface area (Å²) < 4.78 is 5.79. The van der Waals surface area contributed by atoms with Crippen LogP contribution in [0.15, 0.2) is 18.2 Å². The number of aryl methyl sites for hydroxylation is 1. The van der Waals surface area contributed by atoms with Gasteiger partial charge < -0.3 is 10.5 Å². The third kappa shape index (κ3) is 4.06. The van der Waals surface area contributed by atoms with E-state index < -0.39 is 0 Å². The normalized spacial score (nSPS) is 12.5. The summed E-state index contributed by atoms with van der Waals surface area (Å²) >= 11 is 1.85. The molecule has 0 heterocycles. The summed E-state index contributed by atoms with van der Waals surface area (Å²) in [6, 6.07) is 6.23. The van der Waals surface area contributed by atoms with Crippen LogP contribution in [-0.4, -0.2) is 18.6 Å². The maximum atomic E-state index is 5.91. The number of rotatable bonds is 6. The van der Waals surface area contributed by atoms with E-state index in [0.717, 1.165) is 30.1 Å². The van der Waals surface area contributed by atoms with Crippen LogP contribution in [0.1, 0.15) is 30.5 Å². The first-order chi connectivity index (χ1) is 7.65. The molecule has 0 aliphatic heterocycles. The molecule has 0 radical (unpaired) electrons. The lowest BCUT2D eigenvalue weighted by atomic mass is 10.1. The molecule has 0 aliphatic rings. The molecule has 0 amide bonds. The van der Waals surface area contributed by atoms with Gasteiger partial charge in [-0.15, -0.1) is 0 Å². The van der Waals surface area contributed by atoms with Crippen LogP contribution in [0.5, 0.6) is 5.75 Å². The molecule has 0 unspecified atom stereocenters. The summed E-state index contributed by atoms with van der Waals surface area (Å²) in [5.41, 5.74) is 8.22. The minimum Gasteiger partial charge on any atom is -0.493 e. The van der Waals surface area contributed by atoms with E-state index in [1.165, 1.54) is 5.56 Å². The first-order valence-electron chi connectivity index (χ1n) is 5.63. The van der Waals surface area contributed by atoms with E-state index in [2.05, 4.69) is 31.4 Å². The Labute approximate surface area is 103 Å². The standard InChI is InChI=1S/C13H21NOS/c1-10-5-6-12(11(2)14)13(9-10)15-7-4-8-16-3/h5-6,9,11H,4,7-8,14H2,1-3H3/t11-/m0/s1. The molecule has 0 saturated heterocycles. The van der Waals surface area contributed by atoms with E-state index in [4.69, 9.17) is 10.5 Å². The third-order valence-electron chi connectivity index (χ3n) is 2.41. The van der Waals surface area contributed by atoms with Gasteiger partial charge in [-0.1, -0.05) is 12.1 Å². The average Bonchev–Trinajstić information content (AvgIpc) is 2.24. The van der Waals surface area contributed by atoms with E-state index in [9.17, 15) is 0 Å². The molecule has 1 aromatic rings. The lowest BCUT2D eigenvalue weighted by molar-refractivity contribution is 0.314. The second kappa shape index (κ2) is 6.81. The Kier molecular flexibility index (Phi) is 5.71. The lowest BCUT2D eigenvalue weighted by Gasteiger charge is -2.14. The molecule has 3 heteroatoms. The zero-order valence-electron chi connectivity index (χ0n) is 10.3. The number of nitrogens with two attached hydrogens (primary N) is 1. The largest absolute Gasteiger partial charge is 0.493 e. The Balaban J connectivity index is 2.65. The Morgan fingerprint density at radius 2 is 2.19 bits per heavy atom. The van der Waals surface area contributed by atoms with E-state index in [1.54, 1.807) is 0 Å². The van der Waals surface area contributed by atoms with Crippen LogP contribution in [0, 0.1) is 6.92 Å². The number of hydrogen-bond donors (Lipinski definition) is 1. The van der Waals surface area contributed by atoms with Crippen molar-refractivity contribution in [2.75, 3.05) is 18.6 Å². The average molecular weight is 239 g/mol. The van der Waals surface area contributed by atoms with Crippen LogP contribution in [0.4, 0.5) is 0 Å². The van der Waals surface area contributed by atoms with Crippen molar-refractivity contribution in [3.8, 4) is 5.75 Å². The highest BCUT2D eigenvalue weighted by atomic mass is 32.2. The molecule has 16 heavy (non-hydrogen) atoms. The second-order valence-corrected chi connectivity index (χ2v) is 5.01. The molecule has 0 aliphatic carbocycles. The monoisotopic (exact) mass is 239 g/mol. The summed E-state index contributed by atoms with van der Waals surface area (Å²) in [6.07, 6.45) is 3.19. The van der Waals surface area contributed by atoms with Crippen molar-refractivity contribution < 1.29 is 4.74 Å². The number of ether oxygens (including phenoxy) is 1. The van der Waals surface area contributed by atoms with Crippen molar-refractivity contribution in [2.24, 2.45) is 5.73 Å². The fourth-order valence-electron chi connectivity index (χ4n) is 1.53. The maximum absolute atomic E-state index is 5.91. The number of hydrogen-bond acceptors (Lipinski definition) is 3. The van der Waals surface area contributed by atoms with Crippen LogP contribution < -0.4 is 10.5 Å². The van der Waals surface area contributed by atoms with Crippen molar-refractivity contribution in [1.82, 2.24) is 0 Å². The van der Waals surface area contributed by atoms with Crippen molar-refractivity contribution in [3.63, 3.8) is 0 Å². The zero-order valence-corrected chi connectivity index (χ0v) is 11.1. The van der Waals surface area contributed by atoms with Crippen LogP contribution in [-0.2, 0) is 0 Å². The maximum Gasteiger partial charge on any atom is 0.124 e. The minimum absolute atomic E-state index is 0.0242. The van der Waals surface area contributed by atoms with Gasteiger partial charge in [-0.2, -0.15) is 11.8 Å². The SMILES string of the molecule is CSCCCOc1cc(C)ccc1[C@H](C)N. The van der Waals surface area contributed by atoms with Gasteiger partial charge >= 0.3 is 0 Å². The van der Waals surface area contributed by atoms with Crippen molar-refractivity contribution in [2.45, 2.75) is 26.3 Å². The zero-order chi connectivity index (χ0) is 12.0. The van der Waals surface area contributed by atoms with Crippen molar-refractivity contribution in [3.05, 3.63) is 29.3 Å². The molecular formula is C13H21NOS. The number of thioether (sulfide) groups is 1. The van der Waals surface area contributed by atoms with E-state index >= 15 is 0 Å². The highest BCUT2D eigenvalue weighted by Crippen LogP contribution is 2.25. The highest BCUT2D eigenvalue weighted by Gasteiger charge is 2.07. The topological polar surface area (TPSA) is 35.2 Å². The summed E-state index contributed by atoms with van der Waals surface area (Å²) in [5.74, 6) is 2.08. The quantitative estimate of drug-likeness (QED) is 0.775. The Bertz CT molecular complexity index is 326. The summed E-state index contributed by atoms with van der Waals surface area (Å²) in [7, 11) is 0. The molecule has 1 aromatic carbocycles. The first kappa shape index (κ1) is 13.4. The van der Waals surface area contributed by atoms with Crippen molar-refractivity contribution in [1.29, 1.82) is 0 Å². The molecule has 2 N–H and O–H groups in total. The van der Waals surface area contributed by atoms with Gasteiger partial charge in [0.15, 0.2) is 0 Å². The summed E-state index contributed by atoms with van der Waals surface area (Å²) in [4.78, 5) is 0. The summed E-state index contributed by atoms with van der Waals surface area (Å²) in [5, 5.41) is 0. The molecule has 1 atom stereocenters. The van der Waals surface area contributed by atoms with Crippen LogP contribution >= 0.6 is 11.8 Å². The fraction of sp³-hybridized carbons (Fsp3) is 0.538. The molecule has 0 saturated carbocycles. The molecule has 0 spiro atoms. The molecule has 0 fully saturated rings. The molecule has 2 nitrogen and oxygen atoms in total. The van der Waals surface area contributed by atoms with Gasteiger partial charge in [-0.25, -0.2) is 0 Å². The molecule has 1 rings (SSSR count). The minimum atomic E-state index is 0.0242.